The van der Waals surface area contributed by atoms with Crippen LogP contribution in [0.15, 0.2) is 54.9 Å². The minimum absolute atomic E-state index is 0.156. The van der Waals surface area contributed by atoms with Crippen LogP contribution in [-0.2, 0) is 11.2 Å². The van der Waals surface area contributed by atoms with E-state index in [4.69, 9.17) is 4.74 Å². The largest absolute Gasteiger partial charge is 0.491 e. The molecule has 0 radical (unpaired) electrons. The molecule has 2 aliphatic rings. The lowest BCUT2D eigenvalue weighted by Gasteiger charge is -2.24. The number of hydrogen-bond donors (Lipinski definition) is 1. The number of nitrogens with one attached hydrogen (secondary N) is 1. The second kappa shape index (κ2) is 11.5. The van der Waals surface area contributed by atoms with Gasteiger partial charge in [0.15, 0.2) is 0 Å². The topological polar surface area (TPSA) is 70.6 Å². The van der Waals surface area contributed by atoms with E-state index in [-0.39, 0.29) is 5.91 Å². The molecule has 3 aromatic rings. The van der Waals surface area contributed by atoms with E-state index < -0.39 is 0 Å². The molecule has 7 heteroatoms. The molecule has 36 heavy (non-hydrogen) atoms. The van der Waals surface area contributed by atoms with E-state index in [0.29, 0.717) is 18.0 Å². The van der Waals surface area contributed by atoms with Gasteiger partial charge in [-0.25, -0.2) is 9.97 Å². The van der Waals surface area contributed by atoms with Crippen LogP contribution >= 0.6 is 0 Å². The minimum Gasteiger partial charge on any atom is -0.491 e. The number of ether oxygens (including phenoxy) is 1. The zero-order chi connectivity index (χ0) is 24.7. The zero-order valence-corrected chi connectivity index (χ0v) is 21.1. The first-order valence-corrected chi connectivity index (χ1v) is 13.2. The number of nitrogens with zero attached hydrogens (tertiary/aromatic N) is 4. The monoisotopic (exact) mass is 485 g/mol. The fraction of sp³-hybridized carbons (Fsp3) is 0.414. The van der Waals surface area contributed by atoms with Gasteiger partial charge in [-0.05, 0) is 56.5 Å². The van der Waals surface area contributed by atoms with E-state index in [9.17, 15) is 4.79 Å². The zero-order valence-electron chi connectivity index (χ0n) is 21.1. The maximum Gasteiger partial charge on any atom is 0.248 e. The Labute approximate surface area is 213 Å². The number of para-hydroxylation sites is 1. The van der Waals surface area contributed by atoms with Crippen molar-refractivity contribution in [2.75, 3.05) is 43.0 Å². The predicted molar refractivity (Wildman–Crippen MR) is 145 cm³/mol. The summed E-state index contributed by atoms with van der Waals surface area (Å²) in [5.41, 5.74) is 3.94. The average Bonchev–Trinajstić information content (AvgIpc) is 3.33. The highest BCUT2D eigenvalue weighted by Gasteiger charge is 2.23. The SMILES string of the molecule is CCCCOc1cc2ncnc(N3CCc4ccccc43)c2cc1NC(=O)C=CCN1CCCCC1. The molecule has 188 valence electrons. The molecular formula is C29H35N5O2. The second-order valence-corrected chi connectivity index (χ2v) is 9.55. The number of unbranched alkanes of at least 4 members (excludes halogenated alkanes) is 1. The summed E-state index contributed by atoms with van der Waals surface area (Å²) in [6, 6.07) is 12.3. The van der Waals surface area contributed by atoms with Crippen molar-refractivity contribution in [1.29, 1.82) is 0 Å². The van der Waals surface area contributed by atoms with Gasteiger partial charge in [0.2, 0.25) is 5.91 Å². The fourth-order valence-corrected chi connectivity index (χ4v) is 5.01. The van der Waals surface area contributed by atoms with E-state index >= 15 is 0 Å². The molecule has 0 spiro atoms. The Morgan fingerprint density at radius 2 is 1.97 bits per heavy atom. The van der Waals surface area contributed by atoms with Crippen LogP contribution in [0, 0.1) is 0 Å². The molecule has 2 aliphatic heterocycles. The number of benzene rings is 2. The Morgan fingerprint density at radius 1 is 1.11 bits per heavy atom. The third-order valence-electron chi connectivity index (χ3n) is 6.95. The Kier molecular flexibility index (Phi) is 7.76. The van der Waals surface area contributed by atoms with Crippen molar-refractivity contribution in [1.82, 2.24) is 14.9 Å². The third-order valence-corrected chi connectivity index (χ3v) is 6.95. The number of rotatable bonds is 9. The molecule has 5 rings (SSSR count). The normalized spacial score (nSPS) is 16.0. The standard InChI is InChI=1S/C29H35N5O2/c1-2-3-18-36-27-20-24-23(19-25(27)32-28(35)12-9-16-33-14-7-4-8-15-33)29(31-21-30-24)34-17-13-22-10-5-6-11-26(22)34/h5-6,9-12,19-21H,2-4,7-8,13-18H2,1H3,(H,32,35). The molecule has 0 saturated carbocycles. The highest BCUT2D eigenvalue weighted by atomic mass is 16.5. The van der Waals surface area contributed by atoms with Gasteiger partial charge in [0.05, 0.1) is 17.8 Å². The first kappa shape index (κ1) is 24.3. The van der Waals surface area contributed by atoms with E-state index in [1.807, 2.05) is 18.2 Å². The second-order valence-electron chi connectivity index (χ2n) is 9.55. The molecule has 1 saturated heterocycles. The Morgan fingerprint density at radius 3 is 2.83 bits per heavy atom. The summed E-state index contributed by atoms with van der Waals surface area (Å²) < 4.78 is 6.09. The van der Waals surface area contributed by atoms with Crippen LogP contribution < -0.4 is 15.0 Å². The van der Waals surface area contributed by atoms with Crippen LogP contribution in [0.25, 0.3) is 10.9 Å². The number of piperidine rings is 1. The summed E-state index contributed by atoms with van der Waals surface area (Å²) in [6.45, 7) is 6.60. The maximum absolute atomic E-state index is 12.9. The number of anilines is 3. The van der Waals surface area contributed by atoms with Gasteiger partial charge < -0.3 is 15.0 Å². The molecule has 0 bridgehead atoms. The van der Waals surface area contributed by atoms with Crippen LogP contribution in [0.2, 0.25) is 0 Å². The van der Waals surface area contributed by atoms with Crippen molar-refractivity contribution < 1.29 is 9.53 Å². The predicted octanol–water partition coefficient (Wildman–Crippen LogP) is 5.48. The molecule has 0 aliphatic carbocycles. The molecule has 2 aromatic carbocycles. The summed E-state index contributed by atoms with van der Waals surface area (Å²) in [5, 5.41) is 3.95. The van der Waals surface area contributed by atoms with Crippen LogP contribution in [0.5, 0.6) is 5.75 Å². The quantitative estimate of drug-likeness (QED) is 0.320. The minimum atomic E-state index is -0.156. The number of amides is 1. The average molecular weight is 486 g/mol. The lowest BCUT2D eigenvalue weighted by atomic mass is 10.1. The molecule has 1 amide bonds. The van der Waals surface area contributed by atoms with Gasteiger partial charge in [-0.3, -0.25) is 9.69 Å². The number of hydrogen-bond acceptors (Lipinski definition) is 6. The van der Waals surface area contributed by atoms with Crippen molar-refractivity contribution in [2.24, 2.45) is 0 Å². The lowest BCUT2D eigenvalue weighted by molar-refractivity contribution is -0.111. The molecule has 1 N–H and O–H groups in total. The van der Waals surface area contributed by atoms with Gasteiger partial charge in [-0.15, -0.1) is 0 Å². The first-order valence-electron chi connectivity index (χ1n) is 13.2. The van der Waals surface area contributed by atoms with Crippen LogP contribution in [0.3, 0.4) is 0 Å². The van der Waals surface area contributed by atoms with Gasteiger partial charge in [-0.2, -0.15) is 0 Å². The Hall–Kier alpha value is -3.45. The van der Waals surface area contributed by atoms with Crippen molar-refractivity contribution >= 4 is 34.0 Å². The summed E-state index contributed by atoms with van der Waals surface area (Å²) in [6.07, 6.45) is 11.9. The van der Waals surface area contributed by atoms with Crippen molar-refractivity contribution in [3.8, 4) is 5.75 Å². The fourth-order valence-electron chi connectivity index (χ4n) is 5.01. The molecule has 0 atom stereocenters. The highest BCUT2D eigenvalue weighted by Crippen LogP contribution is 2.39. The first-order chi connectivity index (χ1) is 17.7. The van der Waals surface area contributed by atoms with E-state index in [1.54, 1.807) is 12.4 Å². The number of likely N-dealkylation sites (tertiary alicyclic amines) is 1. The number of carbonyl (C=O) groups is 1. The molecule has 1 fully saturated rings. The smallest absolute Gasteiger partial charge is 0.248 e. The number of fused-ring (bicyclic) bond motifs is 2. The van der Waals surface area contributed by atoms with Crippen molar-refractivity contribution in [2.45, 2.75) is 45.4 Å². The Bertz CT molecular complexity index is 1240. The van der Waals surface area contributed by atoms with Gasteiger partial charge in [0.1, 0.15) is 17.9 Å². The molecule has 7 nitrogen and oxygen atoms in total. The van der Waals surface area contributed by atoms with E-state index in [0.717, 1.165) is 62.2 Å². The lowest BCUT2D eigenvalue weighted by Crippen LogP contribution is -2.29. The van der Waals surface area contributed by atoms with Crippen LogP contribution in [0.1, 0.15) is 44.6 Å². The van der Waals surface area contributed by atoms with Crippen LogP contribution in [0.4, 0.5) is 17.2 Å². The summed E-state index contributed by atoms with van der Waals surface area (Å²) in [7, 11) is 0. The van der Waals surface area contributed by atoms with Gasteiger partial charge >= 0.3 is 0 Å². The molecule has 3 heterocycles. The van der Waals surface area contributed by atoms with E-state index in [1.165, 1.54) is 30.5 Å². The molecule has 0 unspecified atom stereocenters. The number of aromatic nitrogens is 2. The van der Waals surface area contributed by atoms with Gasteiger partial charge in [-0.1, -0.05) is 44.0 Å². The highest BCUT2D eigenvalue weighted by molar-refractivity contribution is 6.03. The summed E-state index contributed by atoms with van der Waals surface area (Å²) >= 11 is 0. The van der Waals surface area contributed by atoms with Gasteiger partial charge in [0, 0.05) is 36.3 Å². The van der Waals surface area contributed by atoms with Crippen molar-refractivity contribution in [3.05, 3.63) is 60.4 Å². The molecular weight excluding hydrogens is 450 g/mol. The maximum atomic E-state index is 12.9. The Balaban J connectivity index is 1.42. The summed E-state index contributed by atoms with van der Waals surface area (Å²) in [5.74, 6) is 1.33. The summed E-state index contributed by atoms with van der Waals surface area (Å²) in [4.78, 5) is 26.7. The van der Waals surface area contributed by atoms with Crippen LogP contribution in [-0.4, -0.2) is 53.6 Å². The van der Waals surface area contributed by atoms with Gasteiger partial charge in [0.25, 0.3) is 0 Å². The molecule has 1 aromatic heterocycles. The van der Waals surface area contributed by atoms with E-state index in [2.05, 4.69) is 56.3 Å². The van der Waals surface area contributed by atoms with Crippen molar-refractivity contribution in [3.63, 3.8) is 0 Å². The number of carbonyl (C=O) groups excluding carboxylic acids is 1. The third kappa shape index (κ3) is 5.51.